The fourth-order valence-corrected chi connectivity index (χ4v) is 9.31. The number of hydrogen-bond acceptors (Lipinski definition) is 3. The summed E-state index contributed by atoms with van der Waals surface area (Å²) in [6, 6.07) is 65.1. The van der Waals surface area contributed by atoms with Crippen molar-refractivity contribution in [1.29, 1.82) is 5.26 Å². The van der Waals surface area contributed by atoms with Crippen molar-refractivity contribution in [1.82, 2.24) is 9.38 Å². The van der Waals surface area contributed by atoms with E-state index in [2.05, 4.69) is 162 Å². The highest BCUT2D eigenvalue weighted by molar-refractivity contribution is 7.26. The molecular formula is C50H29N3S. The lowest BCUT2D eigenvalue weighted by Crippen LogP contribution is -1.93. The highest BCUT2D eigenvalue weighted by atomic mass is 32.1. The zero-order valence-electron chi connectivity index (χ0n) is 29.0. The molecule has 4 heteroatoms. The van der Waals surface area contributed by atoms with Crippen molar-refractivity contribution in [2.45, 2.75) is 0 Å². The zero-order chi connectivity index (χ0) is 35.8. The van der Waals surface area contributed by atoms with Crippen LogP contribution in [0.5, 0.6) is 0 Å². The molecule has 0 aliphatic heterocycles. The Morgan fingerprint density at radius 3 is 1.67 bits per heavy atom. The van der Waals surface area contributed by atoms with Gasteiger partial charge >= 0.3 is 0 Å². The molecule has 250 valence electrons. The standard InChI is InChI=1S/C50H29N3S/c51-30-31-13-15-32(16-14-31)33-17-19-34(20-18-33)39-25-26-40(42-10-4-3-9-41(39)42)35-21-23-36(24-22-35)46-29-44-43-11-5-6-12-48(43)54-49(44)50-52-45-27-37-7-1-2-8-38(37)28-47(45)53(46)50/h1-29H. The lowest BCUT2D eigenvalue weighted by molar-refractivity contribution is 1.25. The van der Waals surface area contributed by atoms with Crippen molar-refractivity contribution < 1.29 is 0 Å². The summed E-state index contributed by atoms with van der Waals surface area (Å²) in [6.07, 6.45) is 0. The molecule has 54 heavy (non-hydrogen) atoms. The number of nitriles is 1. The first-order valence-corrected chi connectivity index (χ1v) is 18.9. The van der Waals surface area contributed by atoms with Crippen LogP contribution in [0, 0.1) is 11.3 Å². The molecule has 0 N–H and O–H groups in total. The Labute approximate surface area is 315 Å². The average molecular weight is 704 g/mol. The normalized spacial score (nSPS) is 11.7. The number of rotatable bonds is 4. The monoisotopic (exact) mass is 703 g/mol. The van der Waals surface area contributed by atoms with E-state index in [1.165, 1.54) is 64.0 Å². The first kappa shape index (κ1) is 30.6. The van der Waals surface area contributed by atoms with Crippen LogP contribution in [-0.4, -0.2) is 9.38 Å². The average Bonchev–Trinajstić information content (AvgIpc) is 3.81. The molecule has 0 amide bonds. The van der Waals surface area contributed by atoms with Gasteiger partial charge in [0.15, 0.2) is 5.65 Å². The van der Waals surface area contributed by atoms with Gasteiger partial charge in [0, 0.05) is 15.5 Å². The number of pyridine rings is 1. The van der Waals surface area contributed by atoms with Crippen LogP contribution in [0.1, 0.15) is 5.56 Å². The van der Waals surface area contributed by atoms with E-state index >= 15 is 0 Å². The Morgan fingerprint density at radius 2 is 1.02 bits per heavy atom. The number of imidazole rings is 1. The van der Waals surface area contributed by atoms with E-state index in [1.807, 2.05) is 35.6 Å². The number of aromatic nitrogens is 2. The molecule has 0 atom stereocenters. The van der Waals surface area contributed by atoms with Crippen molar-refractivity contribution in [2.24, 2.45) is 0 Å². The van der Waals surface area contributed by atoms with Crippen molar-refractivity contribution in [3.05, 3.63) is 181 Å². The summed E-state index contributed by atoms with van der Waals surface area (Å²) in [5.74, 6) is 0. The molecule has 0 radical (unpaired) electrons. The highest BCUT2D eigenvalue weighted by Gasteiger charge is 2.19. The quantitative estimate of drug-likeness (QED) is 0.183. The second kappa shape index (κ2) is 12.0. The van der Waals surface area contributed by atoms with E-state index in [-0.39, 0.29) is 0 Å². The van der Waals surface area contributed by atoms with E-state index in [1.54, 1.807) is 0 Å². The van der Waals surface area contributed by atoms with Crippen LogP contribution in [0.15, 0.2) is 176 Å². The summed E-state index contributed by atoms with van der Waals surface area (Å²) in [4.78, 5) is 5.30. The van der Waals surface area contributed by atoms with Crippen molar-refractivity contribution in [3.8, 4) is 50.7 Å². The van der Waals surface area contributed by atoms with Crippen LogP contribution in [0.2, 0.25) is 0 Å². The number of thiophene rings is 1. The zero-order valence-corrected chi connectivity index (χ0v) is 29.8. The summed E-state index contributed by atoms with van der Waals surface area (Å²) in [5.41, 5.74) is 13.1. The molecule has 8 aromatic carbocycles. The third kappa shape index (κ3) is 4.77. The molecule has 0 saturated heterocycles. The molecule has 11 rings (SSSR count). The van der Waals surface area contributed by atoms with Crippen molar-refractivity contribution >= 4 is 69.7 Å². The van der Waals surface area contributed by atoms with Gasteiger partial charge in [-0.2, -0.15) is 5.26 Å². The number of hydrogen-bond donors (Lipinski definition) is 0. The first-order valence-electron chi connectivity index (χ1n) is 18.1. The second-order valence-corrected chi connectivity index (χ2v) is 14.9. The Bertz CT molecular complexity index is 3300. The molecular weight excluding hydrogens is 675 g/mol. The molecule has 0 aliphatic carbocycles. The maximum absolute atomic E-state index is 9.19. The summed E-state index contributed by atoms with van der Waals surface area (Å²) in [7, 11) is 0. The molecule has 0 saturated carbocycles. The van der Waals surface area contributed by atoms with E-state index in [4.69, 9.17) is 4.98 Å². The van der Waals surface area contributed by atoms with E-state index in [0.717, 1.165) is 39.1 Å². The van der Waals surface area contributed by atoms with Gasteiger partial charge in [-0.15, -0.1) is 11.3 Å². The van der Waals surface area contributed by atoms with E-state index in [9.17, 15) is 5.26 Å². The number of nitrogens with zero attached hydrogens (tertiary/aromatic N) is 3. The molecule has 0 aliphatic rings. The van der Waals surface area contributed by atoms with Crippen LogP contribution >= 0.6 is 11.3 Å². The van der Waals surface area contributed by atoms with Crippen molar-refractivity contribution in [2.75, 3.05) is 0 Å². The van der Waals surface area contributed by atoms with Crippen molar-refractivity contribution in [3.63, 3.8) is 0 Å². The third-order valence-corrected chi connectivity index (χ3v) is 12.0. The summed E-state index contributed by atoms with van der Waals surface area (Å²) < 4.78 is 4.86. The van der Waals surface area contributed by atoms with Crippen LogP contribution in [0.25, 0.3) is 103 Å². The topological polar surface area (TPSA) is 41.1 Å². The van der Waals surface area contributed by atoms with Gasteiger partial charge in [-0.3, -0.25) is 4.40 Å². The fraction of sp³-hybridized carbons (Fsp3) is 0. The molecule has 0 fully saturated rings. The van der Waals surface area contributed by atoms with Gasteiger partial charge in [0.2, 0.25) is 0 Å². The lowest BCUT2D eigenvalue weighted by Gasteiger charge is -2.14. The van der Waals surface area contributed by atoms with Gasteiger partial charge in [0.1, 0.15) is 0 Å². The van der Waals surface area contributed by atoms with E-state index in [0.29, 0.717) is 5.56 Å². The Balaban J connectivity index is 1.03. The predicted molar refractivity (Wildman–Crippen MR) is 227 cm³/mol. The smallest absolute Gasteiger partial charge is 0.156 e. The highest BCUT2D eigenvalue weighted by Crippen LogP contribution is 2.42. The molecule has 0 spiro atoms. The molecule has 3 aromatic heterocycles. The second-order valence-electron chi connectivity index (χ2n) is 13.9. The van der Waals surface area contributed by atoms with Gasteiger partial charge < -0.3 is 0 Å². The largest absolute Gasteiger partial charge is 0.291 e. The number of benzene rings is 8. The van der Waals surface area contributed by atoms with Gasteiger partial charge in [-0.05, 0) is 96.9 Å². The molecule has 3 nitrogen and oxygen atoms in total. The maximum Gasteiger partial charge on any atom is 0.156 e. The van der Waals surface area contributed by atoms with E-state index < -0.39 is 0 Å². The SMILES string of the molecule is N#Cc1ccc(-c2ccc(-c3ccc(-c4ccc(-c5cc6c7ccccc7sc6c6nc7cc8ccccc8cc7n56)cc4)c4ccccc34)cc2)cc1. The number of fused-ring (bicyclic) bond motifs is 9. The Morgan fingerprint density at radius 1 is 0.481 bits per heavy atom. The Hall–Kier alpha value is -7.06. The van der Waals surface area contributed by atoms with Crippen LogP contribution in [0.3, 0.4) is 0 Å². The van der Waals surface area contributed by atoms with Gasteiger partial charge in [-0.25, -0.2) is 4.98 Å². The lowest BCUT2D eigenvalue weighted by atomic mass is 9.91. The molecule has 3 heterocycles. The summed E-state index contributed by atoms with van der Waals surface area (Å²) in [5, 5.41) is 16.6. The maximum atomic E-state index is 9.19. The summed E-state index contributed by atoms with van der Waals surface area (Å²) in [6.45, 7) is 0. The fourth-order valence-electron chi connectivity index (χ4n) is 8.15. The van der Waals surface area contributed by atoms with Crippen LogP contribution < -0.4 is 0 Å². The van der Waals surface area contributed by atoms with Gasteiger partial charge in [-0.1, -0.05) is 140 Å². The first-order chi connectivity index (χ1) is 26.7. The minimum atomic E-state index is 0.670. The molecule has 11 aromatic rings. The van der Waals surface area contributed by atoms with Crippen LogP contribution in [0.4, 0.5) is 0 Å². The minimum Gasteiger partial charge on any atom is -0.291 e. The summed E-state index contributed by atoms with van der Waals surface area (Å²) >= 11 is 1.82. The minimum absolute atomic E-state index is 0.670. The Kier molecular flexibility index (Phi) is 6.79. The van der Waals surface area contributed by atoms with Crippen LogP contribution in [-0.2, 0) is 0 Å². The van der Waals surface area contributed by atoms with Gasteiger partial charge in [0.25, 0.3) is 0 Å². The molecule has 0 unspecified atom stereocenters. The predicted octanol–water partition coefficient (Wildman–Crippen LogP) is 13.7. The van der Waals surface area contributed by atoms with Gasteiger partial charge in [0.05, 0.1) is 33.1 Å². The third-order valence-electron chi connectivity index (χ3n) is 10.8. The molecule has 0 bridgehead atoms.